The molecule has 2 aliphatic rings. The number of phosphoric acid groups is 1. The van der Waals surface area contributed by atoms with Crippen LogP contribution in [0.1, 0.15) is 64.5 Å². The molecule has 20 heteroatoms. The lowest BCUT2D eigenvalue weighted by Crippen LogP contribution is -2.61. The second kappa shape index (κ2) is 19.1. The van der Waals surface area contributed by atoms with Crippen molar-refractivity contribution in [2.24, 2.45) is 11.8 Å². The number of thioether (sulfide) groups is 1. The molecular weight excluding hydrogens is 741 g/mol. The van der Waals surface area contributed by atoms with Crippen LogP contribution in [-0.4, -0.2) is 105 Å². The third kappa shape index (κ3) is 13.0. The second-order valence-corrected chi connectivity index (χ2v) is 15.9. The molecule has 0 radical (unpaired) electrons. The molecule has 0 aliphatic carbocycles. The van der Waals surface area contributed by atoms with Crippen LogP contribution in [0.4, 0.5) is 8.78 Å². The number of nitrogens with zero attached hydrogens (tertiary/aromatic N) is 1. The summed E-state index contributed by atoms with van der Waals surface area (Å²) in [5, 5.41) is 13.1. The first-order valence-corrected chi connectivity index (χ1v) is 20.2. The Hall–Kier alpha value is -3.64. The van der Waals surface area contributed by atoms with Crippen molar-refractivity contribution < 1.29 is 56.4 Å². The molecule has 1 aromatic carbocycles. The first kappa shape index (κ1) is 43.8. The molecule has 16 nitrogen and oxygen atoms in total. The van der Waals surface area contributed by atoms with Crippen molar-refractivity contribution in [3.8, 4) is 0 Å². The summed E-state index contributed by atoms with van der Waals surface area (Å²) in [6.45, 7) is 6.62. The van der Waals surface area contributed by atoms with Gasteiger partial charge in [0.2, 0.25) is 35.4 Å². The molecule has 7 N–H and O–H groups in total. The second-order valence-electron chi connectivity index (χ2n) is 13.8. The minimum Gasteiger partial charge on any atom is -0.345 e. The van der Waals surface area contributed by atoms with Crippen molar-refractivity contribution >= 4 is 55.0 Å². The van der Waals surface area contributed by atoms with Crippen molar-refractivity contribution in [2.45, 2.75) is 96.1 Å². The van der Waals surface area contributed by atoms with Gasteiger partial charge in [-0.25, -0.2) is 9.09 Å². The van der Waals surface area contributed by atoms with E-state index in [-0.39, 0.29) is 37.3 Å². The highest BCUT2D eigenvalue weighted by molar-refractivity contribution is 7.98. The maximum absolute atomic E-state index is 14.3. The van der Waals surface area contributed by atoms with Gasteiger partial charge in [0.05, 0.1) is 12.1 Å². The molecule has 3 rings (SSSR count). The van der Waals surface area contributed by atoms with Gasteiger partial charge >= 0.3 is 13.9 Å². The SMILES string of the molecule is CSCC[C@@H]1NC(=O)[C@@H]2CCCN2C(=O)[C@H](C(C)C)NC(=O)[C@@H](Cc2ccc(C(F)(F)OP(=O)(O)O)cc2)NC(=O)CNC(=O)[C@H](CC(C)C)NC1=O. The van der Waals surface area contributed by atoms with Crippen LogP contribution in [0.5, 0.6) is 0 Å². The van der Waals surface area contributed by atoms with Gasteiger partial charge < -0.3 is 41.3 Å². The van der Waals surface area contributed by atoms with Gasteiger partial charge in [-0.1, -0.05) is 52.0 Å². The van der Waals surface area contributed by atoms with Gasteiger partial charge in [0, 0.05) is 13.0 Å². The number of hydrogen-bond acceptors (Lipinski definition) is 9. The Morgan fingerprint density at radius 2 is 1.53 bits per heavy atom. The Morgan fingerprint density at radius 1 is 0.906 bits per heavy atom. The lowest BCUT2D eigenvalue weighted by atomic mass is 9.99. The highest BCUT2D eigenvalue weighted by Crippen LogP contribution is 2.47. The van der Waals surface area contributed by atoms with E-state index in [1.54, 1.807) is 13.8 Å². The number of fused-ring (bicyclic) bond motifs is 1. The van der Waals surface area contributed by atoms with Crippen LogP contribution in [-0.2, 0) is 50.4 Å². The predicted molar refractivity (Wildman–Crippen MR) is 190 cm³/mol. The topological polar surface area (TPSA) is 233 Å². The molecule has 5 atom stereocenters. The van der Waals surface area contributed by atoms with Crippen molar-refractivity contribution in [1.29, 1.82) is 0 Å². The molecule has 2 aliphatic heterocycles. The van der Waals surface area contributed by atoms with E-state index in [1.807, 2.05) is 20.1 Å². The number of carbonyl (C=O) groups excluding carboxylic acids is 6. The maximum Gasteiger partial charge on any atom is 0.474 e. The van der Waals surface area contributed by atoms with E-state index in [9.17, 15) is 42.1 Å². The minimum absolute atomic E-state index is 0.0632. The fourth-order valence-corrected chi connectivity index (χ4v) is 6.89. The van der Waals surface area contributed by atoms with Crippen molar-refractivity contribution in [2.75, 3.05) is 25.1 Å². The number of benzene rings is 1. The monoisotopic (exact) mass is 790 g/mol. The molecule has 296 valence electrons. The highest BCUT2D eigenvalue weighted by atomic mass is 32.2. The Balaban J connectivity index is 1.99. The molecule has 0 bridgehead atoms. The Labute approximate surface area is 310 Å². The Bertz CT molecular complexity index is 1550. The number of carbonyl (C=O) groups is 6. The standard InChI is InChI=1S/C33H49F2N6O10PS/c1-18(2)15-23-28(43)36-17-26(42)37-24(16-20-8-10-21(11-9-20)33(34,35)51-52(48,49)50)30(45)40-27(19(3)4)32(47)41-13-6-7-25(41)31(46)38-22(12-14-53-5)29(44)39-23/h8-11,18-19,22-25,27H,6-7,12-17H2,1-5H3,(H,36,43)(H,37,42)(H,38,46)(H,39,44)(H,40,45)(H2,48,49,50)/t22-,23-,24+,25-,27-/m0/s1. The average Bonchev–Trinajstić information content (AvgIpc) is 3.55. The molecular formula is C33H49F2N6O10PS. The summed E-state index contributed by atoms with van der Waals surface area (Å²) in [5.74, 6) is -4.07. The molecule has 2 heterocycles. The average molecular weight is 791 g/mol. The van der Waals surface area contributed by atoms with Crippen LogP contribution in [0.25, 0.3) is 0 Å². The number of amides is 6. The molecule has 2 saturated heterocycles. The van der Waals surface area contributed by atoms with E-state index in [1.165, 1.54) is 16.7 Å². The number of halogens is 2. The van der Waals surface area contributed by atoms with Crippen molar-refractivity contribution in [1.82, 2.24) is 31.5 Å². The highest BCUT2D eigenvalue weighted by Gasteiger charge is 2.42. The summed E-state index contributed by atoms with van der Waals surface area (Å²) in [5.41, 5.74) is -0.662. The largest absolute Gasteiger partial charge is 0.474 e. The van der Waals surface area contributed by atoms with E-state index >= 15 is 0 Å². The van der Waals surface area contributed by atoms with Gasteiger partial charge in [-0.05, 0) is 55.1 Å². The third-order valence-corrected chi connectivity index (χ3v) is 9.80. The summed E-state index contributed by atoms with van der Waals surface area (Å²) in [7, 11) is -5.56. The lowest BCUT2D eigenvalue weighted by molar-refractivity contribution is -0.195. The zero-order valence-corrected chi connectivity index (χ0v) is 31.9. The van der Waals surface area contributed by atoms with E-state index in [2.05, 4.69) is 31.1 Å². The molecule has 1 aromatic rings. The van der Waals surface area contributed by atoms with Crippen LogP contribution < -0.4 is 26.6 Å². The van der Waals surface area contributed by atoms with E-state index in [4.69, 9.17) is 9.79 Å². The van der Waals surface area contributed by atoms with Crippen LogP contribution >= 0.6 is 19.6 Å². The first-order valence-electron chi connectivity index (χ1n) is 17.2. The van der Waals surface area contributed by atoms with Gasteiger partial charge in [-0.15, -0.1) is 0 Å². The first-order chi connectivity index (χ1) is 24.7. The number of alkyl halides is 2. The van der Waals surface area contributed by atoms with Gasteiger partial charge in [0.1, 0.15) is 30.2 Å². The fourth-order valence-electron chi connectivity index (χ4n) is 6.01. The fraction of sp³-hybridized carbons (Fsp3) is 0.636. The smallest absolute Gasteiger partial charge is 0.345 e. The Morgan fingerprint density at radius 3 is 2.11 bits per heavy atom. The molecule has 53 heavy (non-hydrogen) atoms. The van der Waals surface area contributed by atoms with E-state index < -0.39 is 97.6 Å². The summed E-state index contributed by atoms with van der Waals surface area (Å²) in [6.07, 6.45) is -1.58. The normalized spacial score (nSPS) is 24.5. The molecule has 0 saturated carbocycles. The molecule has 6 amide bonds. The van der Waals surface area contributed by atoms with Crippen molar-refractivity contribution in [3.05, 3.63) is 35.4 Å². The van der Waals surface area contributed by atoms with Gasteiger partial charge in [0.25, 0.3) is 0 Å². The number of hydrogen-bond donors (Lipinski definition) is 7. The van der Waals surface area contributed by atoms with E-state index in [0.717, 1.165) is 24.3 Å². The van der Waals surface area contributed by atoms with E-state index in [0.29, 0.717) is 18.6 Å². The summed E-state index contributed by atoms with van der Waals surface area (Å²) in [4.78, 5) is 101. The van der Waals surface area contributed by atoms with Gasteiger partial charge in [-0.2, -0.15) is 20.5 Å². The van der Waals surface area contributed by atoms with Gasteiger partial charge in [-0.3, -0.25) is 28.8 Å². The molecule has 0 unspecified atom stereocenters. The lowest BCUT2D eigenvalue weighted by Gasteiger charge is -2.32. The zero-order chi connectivity index (χ0) is 39.7. The molecule has 0 spiro atoms. The minimum atomic E-state index is -5.56. The third-order valence-electron chi connectivity index (χ3n) is 8.69. The van der Waals surface area contributed by atoms with Crippen LogP contribution in [0.2, 0.25) is 0 Å². The van der Waals surface area contributed by atoms with Crippen LogP contribution in [0.3, 0.4) is 0 Å². The van der Waals surface area contributed by atoms with Crippen LogP contribution in [0.15, 0.2) is 24.3 Å². The summed E-state index contributed by atoms with van der Waals surface area (Å²) < 4.78 is 43.2. The van der Waals surface area contributed by atoms with Gasteiger partial charge in [0.15, 0.2) is 0 Å². The Kier molecular flexibility index (Phi) is 15.8. The summed E-state index contributed by atoms with van der Waals surface area (Å²) >= 11 is 1.46. The number of rotatable bonds is 11. The van der Waals surface area contributed by atoms with Crippen molar-refractivity contribution in [3.63, 3.8) is 0 Å². The van der Waals surface area contributed by atoms with Crippen LogP contribution in [0, 0.1) is 11.8 Å². The summed E-state index contributed by atoms with van der Waals surface area (Å²) in [6, 6.07) is -1.66. The molecule has 2 fully saturated rings. The number of phosphoric ester groups is 1. The molecule has 0 aromatic heterocycles. The maximum atomic E-state index is 14.3. The quantitative estimate of drug-likeness (QED) is 0.156. The zero-order valence-electron chi connectivity index (χ0n) is 30.2. The predicted octanol–water partition coefficient (Wildman–Crippen LogP) is 0.903. The number of nitrogens with one attached hydrogen (secondary N) is 5.